The van der Waals surface area contributed by atoms with Gasteiger partial charge in [0.1, 0.15) is 0 Å². The van der Waals surface area contributed by atoms with Crippen molar-refractivity contribution in [2.24, 2.45) is 11.3 Å². The van der Waals surface area contributed by atoms with Gasteiger partial charge in [-0.1, -0.05) is 19.3 Å². The summed E-state index contributed by atoms with van der Waals surface area (Å²) < 4.78 is 0. The molecule has 3 heteroatoms. The maximum absolute atomic E-state index is 9.17. The second-order valence-electron chi connectivity index (χ2n) is 5.79. The zero-order valence-corrected chi connectivity index (χ0v) is 11.1. The van der Waals surface area contributed by atoms with E-state index in [1.807, 2.05) is 0 Å². The fraction of sp³-hybridized carbons (Fsp3) is 1.00. The topological polar surface area (TPSA) is 23.5 Å². The maximum atomic E-state index is 9.17. The monoisotopic (exact) mass is 243 g/mol. The van der Waals surface area contributed by atoms with Crippen molar-refractivity contribution >= 4 is 12.6 Å². The molecule has 0 amide bonds. The molecule has 0 spiro atoms. The van der Waals surface area contributed by atoms with E-state index in [1.54, 1.807) is 0 Å². The summed E-state index contributed by atoms with van der Waals surface area (Å²) in [4.78, 5) is 2.56. The first kappa shape index (κ1) is 12.7. The van der Waals surface area contributed by atoms with Crippen LogP contribution in [0.25, 0.3) is 0 Å². The van der Waals surface area contributed by atoms with Crippen LogP contribution in [0.3, 0.4) is 0 Å². The number of hydrogen-bond donors (Lipinski definition) is 2. The number of nitrogens with zero attached hydrogens (tertiary/aromatic N) is 1. The van der Waals surface area contributed by atoms with Gasteiger partial charge in [0.25, 0.3) is 0 Å². The van der Waals surface area contributed by atoms with E-state index < -0.39 is 0 Å². The van der Waals surface area contributed by atoms with E-state index in [1.165, 1.54) is 51.6 Å². The summed E-state index contributed by atoms with van der Waals surface area (Å²) in [6.45, 7) is 3.87. The smallest absolute Gasteiger partial charge is 0.0471 e. The second-order valence-corrected chi connectivity index (χ2v) is 6.11. The van der Waals surface area contributed by atoms with Crippen LogP contribution in [-0.2, 0) is 0 Å². The van der Waals surface area contributed by atoms with Gasteiger partial charge in [0.2, 0.25) is 0 Å². The molecule has 1 unspecified atom stereocenters. The van der Waals surface area contributed by atoms with Gasteiger partial charge in [-0.3, -0.25) is 0 Å². The third kappa shape index (κ3) is 2.93. The fourth-order valence-electron chi connectivity index (χ4n) is 3.35. The first-order valence-electron chi connectivity index (χ1n) is 6.72. The van der Waals surface area contributed by atoms with Crippen molar-refractivity contribution in [2.45, 2.75) is 38.5 Å². The van der Waals surface area contributed by atoms with Gasteiger partial charge in [-0.25, -0.2) is 0 Å². The van der Waals surface area contributed by atoms with E-state index in [9.17, 15) is 0 Å². The third-order valence-corrected chi connectivity index (χ3v) is 5.11. The predicted molar refractivity (Wildman–Crippen MR) is 71.0 cm³/mol. The van der Waals surface area contributed by atoms with Crippen molar-refractivity contribution in [2.75, 3.05) is 32.0 Å². The number of likely N-dealkylation sites (tertiary alicyclic amines) is 1. The Hall–Kier alpha value is 0.270. The van der Waals surface area contributed by atoms with Crippen molar-refractivity contribution in [3.8, 4) is 0 Å². The van der Waals surface area contributed by atoms with Crippen LogP contribution in [0, 0.1) is 11.3 Å². The maximum Gasteiger partial charge on any atom is 0.0471 e. The lowest BCUT2D eigenvalue weighted by atomic mass is 9.75. The lowest BCUT2D eigenvalue weighted by Crippen LogP contribution is -2.39. The molecule has 2 fully saturated rings. The van der Waals surface area contributed by atoms with Gasteiger partial charge in [0.15, 0.2) is 0 Å². The van der Waals surface area contributed by atoms with Crippen molar-refractivity contribution in [1.82, 2.24) is 4.90 Å². The average Bonchev–Trinajstić information content (AvgIpc) is 2.78. The standard InChI is InChI=1S/C13H25NOS/c15-9-12-4-7-14(8-12)10-13(11-16)5-2-1-3-6-13/h12,15-16H,1-11H2. The summed E-state index contributed by atoms with van der Waals surface area (Å²) in [7, 11) is 0. The molecule has 94 valence electrons. The molecule has 0 radical (unpaired) electrons. The second kappa shape index (κ2) is 5.74. The van der Waals surface area contributed by atoms with E-state index in [2.05, 4.69) is 17.5 Å². The van der Waals surface area contributed by atoms with Gasteiger partial charge >= 0.3 is 0 Å². The highest BCUT2D eigenvalue weighted by atomic mass is 32.1. The molecule has 1 atom stereocenters. The Morgan fingerprint density at radius 2 is 2.00 bits per heavy atom. The van der Waals surface area contributed by atoms with Crippen molar-refractivity contribution in [3.63, 3.8) is 0 Å². The van der Waals surface area contributed by atoms with Crippen molar-refractivity contribution in [3.05, 3.63) is 0 Å². The van der Waals surface area contributed by atoms with E-state index >= 15 is 0 Å². The number of hydrogen-bond acceptors (Lipinski definition) is 3. The fourth-order valence-corrected chi connectivity index (χ4v) is 3.76. The first-order valence-corrected chi connectivity index (χ1v) is 7.35. The van der Waals surface area contributed by atoms with Gasteiger partial charge in [-0.05, 0) is 42.9 Å². The summed E-state index contributed by atoms with van der Waals surface area (Å²) in [5, 5.41) is 9.17. The summed E-state index contributed by atoms with van der Waals surface area (Å²) >= 11 is 4.59. The lowest BCUT2D eigenvalue weighted by Gasteiger charge is -2.39. The van der Waals surface area contributed by atoms with Crippen LogP contribution in [-0.4, -0.2) is 42.0 Å². The molecule has 1 aliphatic heterocycles. The molecule has 0 aromatic rings. The minimum absolute atomic E-state index is 0.365. The zero-order chi connectivity index (χ0) is 11.4. The Bertz CT molecular complexity index is 216. The number of rotatable bonds is 4. The van der Waals surface area contributed by atoms with Gasteiger partial charge in [0, 0.05) is 19.7 Å². The molecule has 0 bridgehead atoms. The minimum atomic E-state index is 0.365. The lowest BCUT2D eigenvalue weighted by molar-refractivity contribution is 0.136. The SMILES string of the molecule is OCC1CCN(CC2(CS)CCCCC2)C1. The van der Waals surface area contributed by atoms with Gasteiger partial charge in [-0.15, -0.1) is 0 Å². The highest BCUT2D eigenvalue weighted by Crippen LogP contribution is 2.38. The summed E-state index contributed by atoms with van der Waals surface area (Å²) in [6.07, 6.45) is 8.08. The molecule has 1 saturated carbocycles. The van der Waals surface area contributed by atoms with Crippen LogP contribution < -0.4 is 0 Å². The van der Waals surface area contributed by atoms with Crippen LogP contribution in [0.1, 0.15) is 38.5 Å². The van der Waals surface area contributed by atoms with E-state index in [-0.39, 0.29) is 0 Å². The van der Waals surface area contributed by atoms with Crippen molar-refractivity contribution < 1.29 is 5.11 Å². The molecule has 1 saturated heterocycles. The van der Waals surface area contributed by atoms with Crippen LogP contribution in [0.2, 0.25) is 0 Å². The highest BCUT2D eigenvalue weighted by molar-refractivity contribution is 7.80. The summed E-state index contributed by atoms with van der Waals surface area (Å²) in [5.74, 6) is 1.56. The molecule has 1 N–H and O–H groups in total. The summed E-state index contributed by atoms with van der Waals surface area (Å²) in [5.41, 5.74) is 0.478. The number of aliphatic hydroxyl groups excluding tert-OH is 1. The third-order valence-electron chi connectivity index (χ3n) is 4.44. The number of thiol groups is 1. The molecule has 16 heavy (non-hydrogen) atoms. The molecule has 2 aliphatic rings. The average molecular weight is 243 g/mol. The van der Waals surface area contributed by atoms with Gasteiger partial charge in [0.05, 0.1) is 0 Å². The summed E-state index contributed by atoms with van der Waals surface area (Å²) in [6, 6.07) is 0. The number of aliphatic hydroxyl groups is 1. The molecule has 1 heterocycles. The molecule has 2 rings (SSSR count). The Labute approximate surface area is 105 Å². The Morgan fingerprint density at radius 1 is 1.25 bits per heavy atom. The van der Waals surface area contributed by atoms with Gasteiger partial charge < -0.3 is 10.0 Å². The van der Waals surface area contributed by atoms with E-state index in [0.717, 1.165) is 12.3 Å². The molecule has 1 aliphatic carbocycles. The van der Waals surface area contributed by atoms with E-state index in [4.69, 9.17) is 5.11 Å². The Morgan fingerprint density at radius 3 is 2.56 bits per heavy atom. The largest absolute Gasteiger partial charge is 0.396 e. The minimum Gasteiger partial charge on any atom is -0.396 e. The van der Waals surface area contributed by atoms with Crippen LogP contribution >= 0.6 is 12.6 Å². The predicted octanol–water partition coefficient (Wildman–Crippen LogP) is 2.18. The van der Waals surface area contributed by atoms with Crippen LogP contribution in [0.15, 0.2) is 0 Å². The highest BCUT2D eigenvalue weighted by Gasteiger charge is 2.34. The van der Waals surface area contributed by atoms with Crippen LogP contribution in [0.4, 0.5) is 0 Å². The Kier molecular flexibility index (Phi) is 4.57. The molecule has 0 aromatic heterocycles. The van der Waals surface area contributed by atoms with Crippen molar-refractivity contribution in [1.29, 1.82) is 0 Å². The van der Waals surface area contributed by atoms with Crippen LogP contribution in [0.5, 0.6) is 0 Å². The molecule has 2 nitrogen and oxygen atoms in total. The zero-order valence-electron chi connectivity index (χ0n) is 10.2. The molecular weight excluding hydrogens is 218 g/mol. The Balaban J connectivity index is 1.86. The molecule has 0 aromatic carbocycles. The normalized spacial score (nSPS) is 30.8. The van der Waals surface area contributed by atoms with E-state index in [0.29, 0.717) is 17.9 Å². The quantitative estimate of drug-likeness (QED) is 0.739. The van der Waals surface area contributed by atoms with Gasteiger partial charge in [-0.2, -0.15) is 12.6 Å². The first-order chi connectivity index (χ1) is 7.78. The molecular formula is C13H25NOS.